The van der Waals surface area contributed by atoms with Crippen LogP contribution in [0.2, 0.25) is 0 Å². The fourth-order valence-electron chi connectivity index (χ4n) is 4.61. The number of aliphatic hydroxyl groups is 1. The number of ketones is 2. The topological polar surface area (TPSA) is 154 Å². The summed E-state index contributed by atoms with van der Waals surface area (Å²) in [5, 5.41) is 15.2. The van der Waals surface area contributed by atoms with Gasteiger partial charge in [-0.05, 0) is 11.1 Å². The Kier molecular flexibility index (Phi) is 15.0. The molecule has 0 fully saturated rings. The van der Waals surface area contributed by atoms with Crippen LogP contribution < -0.4 is 46.1 Å². The van der Waals surface area contributed by atoms with Gasteiger partial charge in [0.25, 0.3) is 0 Å². The van der Waals surface area contributed by atoms with E-state index < -0.39 is 12.3 Å². The van der Waals surface area contributed by atoms with Gasteiger partial charge in [0, 0.05) is 42.2 Å². The first kappa shape index (κ1) is 35.6. The number of hydrogen-bond acceptors (Lipinski definition) is 8. The van der Waals surface area contributed by atoms with E-state index in [1.807, 2.05) is 109 Å². The first-order valence-corrected chi connectivity index (χ1v) is 13.4. The summed E-state index contributed by atoms with van der Waals surface area (Å²) in [5.41, 5.74) is 19.2. The second-order valence-corrected chi connectivity index (χ2v) is 9.18. The molecule has 0 aliphatic carbocycles. The third-order valence-corrected chi connectivity index (χ3v) is 6.56. The molecule has 2 aliphatic rings. The zero-order chi connectivity index (χ0) is 30.5. The largest absolute Gasteiger partial charge is 1.00 e. The molecule has 0 saturated carbocycles. The summed E-state index contributed by atoms with van der Waals surface area (Å²) in [5.74, 6) is -0.0863. The minimum Gasteiger partial charge on any atom is -0.857 e. The second kappa shape index (κ2) is 18.1. The molecule has 0 amide bonds. The van der Waals surface area contributed by atoms with Crippen molar-refractivity contribution in [2.75, 3.05) is 14.2 Å². The van der Waals surface area contributed by atoms with Crippen molar-refractivity contribution < 1.29 is 49.4 Å². The average Bonchev–Trinajstić information content (AvgIpc) is 3.27. The molecule has 4 aromatic rings. The van der Waals surface area contributed by atoms with Gasteiger partial charge in [-0.1, -0.05) is 109 Å². The van der Waals surface area contributed by atoms with Crippen molar-refractivity contribution in [2.24, 2.45) is 21.5 Å². The minimum absolute atomic E-state index is 0. The number of nitrogens with zero attached hydrogens (tertiary/aromatic N) is 2. The first-order chi connectivity index (χ1) is 20.5. The van der Waals surface area contributed by atoms with Gasteiger partial charge in [0.15, 0.2) is 23.9 Å². The van der Waals surface area contributed by atoms with Crippen molar-refractivity contribution in [2.45, 2.75) is 25.2 Å². The number of aliphatic imine (C=N–C) groups is 2. The predicted octanol–water partition coefficient (Wildman–Crippen LogP) is -0.543. The molecule has 2 heterocycles. The van der Waals surface area contributed by atoms with Crippen LogP contribution in [0.25, 0.3) is 0 Å². The van der Waals surface area contributed by atoms with E-state index in [1.165, 1.54) is 0 Å². The fourth-order valence-corrected chi connectivity index (χ4v) is 4.61. The molecule has 216 valence electrons. The van der Waals surface area contributed by atoms with E-state index in [9.17, 15) is 9.59 Å². The number of Topliss-reactive ketones (excluding diaryl/α,β-unsaturated/α-hetero) is 2. The Morgan fingerprint density at radius 3 is 1.23 bits per heavy atom. The molecule has 0 radical (unpaired) electrons. The van der Waals surface area contributed by atoms with Crippen molar-refractivity contribution >= 4 is 23.0 Å². The SMILES string of the molecule is CO.C[O-].NC1N=C(c2ccccc2)c2ccccc2CC1=O.N[C@@H]1N=C(c2ccccc2)c2ccccc2CC1=O.[Na+]. The zero-order valence-corrected chi connectivity index (χ0v) is 26.7. The van der Waals surface area contributed by atoms with Crippen molar-refractivity contribution in [3.8, 4) is 0 Å². The van der Waals surface area contributed by atoms with E-state index >= 15 is 0 Å². The molecular weight excluding hydrogens is 551 g/mol. The monoisotopic (exact) mass is 586 g/mol. The van der Waals surface area contributed by atoms with Crippen LogP contribution in [-0.2, 0) is 22.4 Å². The molecule has 9 heteroatoms. The molecular formula is C34H35N4NaO4. The van der Waals surface area contributed by atoms with E-state index in [0.29, 0.717) is 12.8 Å². The van der Waals surface area contributed by atoms with Crippen LogP contribution in [0.15, 0.2) is 119 Å². The van der Waals surface area contributed by atoms with Gasteiger partial charge in [-0.25, -0.2) is 0 Å². The summed E-state index contributed by atoms with van der Waals surface area (Å²) in [6, 6.07) is 35.4. The van der Waals surface area contributed by atoms with E-state index in [0.717, 1.165) is 59.0 Å². The smallest absolute Gasteiger partial charge is 0.857 e. The van der Waals surface area contributed by atoms with E-state index in [2.05, 4.69) is 9.98 Å². The van der Waals surface area contributed by atoms with Gasteiger partial charge < -0.3 is 21.7 Å². The van der Waals surface area contributed by atoms with E-state index in [1.54, 1.807) is 0 Å². The molecule has 2 aliphatic heterocycles. The van der Waals surface area contributed by atoms with Gasteiger partial charge in [0.05, 0.1) is 11.4 Å². The number of carbonyl (C=O) groups excluding carboxylic acids is 2. The van der Waals surface area contributed by atoms with Gasteiger partial charge in [-0.15, -0.1) is 0 Å². The zero-order valence-electron chi connectivity index (χ0n) is 24.7. The molecule has 0 saturated heterocycles. The fraction of sp³-hybridized carbons (Fsp3) is 0.176. The van der Waals surface area contributed by atoms with E-state index in [-0.39, 0.29) is 41.1 Å². The van der Waals surface area contributed by atoms with Crippen LogP contribution in [0, 0.1) is 0 Å². The van der Waals surface area contributed by atoms with Crippen molar-refractivity contribution in [1.82, 2.24) is 0 Å². The third-order valence-electron chi connectivity index (χ3n) is 6.56. The normalized spacial score (nSPS) is 16.6. The van der Waals surface area contributed by atoms with Gasteiger partial charge in [-0.3, -0.25) is 19.6 Å². The summed E-state index contributed by atoms with van der Waals surface area (Å²) in [6.45, 7) is 0. The van der Waals surface area contributed by atoms with Crippen LogP contribution in [-0.4, -0.2) is 54.6 Å². The van der Waals surface area contributed by atoms with Gasteiger partial charge >= 0.3 is 29.6 Å². The maximum absolute atomic E-state index is 11.9. The standard InChI is InChI=1S/2C16H14N2O.CH4O.CH3O.Na/c2*17-16-14(19)10-12-8-4-5-9-13(12)15(18-16)11-6-2-1-3-7-11;2*1-2;/h2*1-9,16H,10,17H2;2H,1H3;1H3;/q;;;-1;+1/t16-;;;;/m1..../s1. The second-order valence-electron chi connectivity index (χ2n) is 9.18. The Labute approximate surface area is 274 Å². The molecule has 6 rings (SSSR count). The molecule has 5 N–H and O–H groups in total. The minimum atomic E-state index is -0.775. The van der Waals surface area contributed by atoms with Crippen molar-refractivity contribution in [3.05, 3.63) is 143 Å². The third kappa shape index (κ3) is 9.19. The van der Waals surface area contributed by atoms with Crippen molar-refractivity contribution in [3.63, 3.8) is 0 Å². The van der Waals surface area contributed by atoms with Crippen LogP contribution >= 0.6 is 0 Å². The van der Waals surface area contributed by atoms with Crippen molar-refractivity contribution in [1.29, 1.82) is 0 Å². The molecule has 8 nitrogen and oxygen atoms in total. The van der Waals surface area contributed by atoms with Crippen LogP contribution in [0.4, 0.5) is 0 Å². The molecule has 4 aromatic carbocycles. The Morgan fingerprint density at radius 1 is 0.581 bits per heavy atom. The molecule has 0 spiro atoms. The maximum Gasteiger partial charge on any atom is 1.00 e. The summed E-state index contributed by atoms with van der Waals surface area (Å²) in [6.07, 6.45) is -0.862. The molecule has 0 bridgehead atoms. The summed E-state index contributed by atoms with van der Waals surface area (Å²) in [4.78, 5) is 32.7. The Morgan fingerprint density at radius 2 is 0.884 bits per heavy atom. The number of carbonyl (C=O) groups is 2. The maximum atomic E-state index is 11.9. The number of fused-ring (bicyclic) bond motifs is 2. The van der Waals surface area contributed by atoms with Gasteiger partial charge in [0.2, 0.25) is 0 Å². The van der Waals surface area contributed by atoms with Crippen LogP contribution in [0.5, 0.6) is 0 Å². The molecule has 1 unspecified atom stereocenters. The number of nitrogens with two attached hydrogens (primary N) is 2. The quantitative estimate of drug-likeness (QED) is 0.268. The van der Waals surface area contributed by atoms with Gasteiger partial charge in [-0.2, -0.15) is 7.11 Å². The number of rotatable bonds is 2. The molecule has 43 heavy (non-hydrogen) atoms. The summed E-state index contributed by atoms with van der Waals surface area (Å²) < 4.78 is 0. The Hall–Kier alpha value is -3.60. The molecule has 2 atom stereocenters. The number of hydrogen-bond donors (Lipinski definition) is 3. The van der Waals surface area contributed by atoms with Crippen LogP contribution in [0.3, 0.4) is 0 Å². The summed E-state index contributed by atoms with van der Waals surface area (Å²) >= 11 is 0. The van der Waals surface area contributed by atoms with E-state index in [4.69, 9.17) is 21.7 Å². The van der Waals surface area contributed by atoms with Crippen LogP contribution in [0.1, 0.15) is 33.4 Å². The Balaban J connectivity index is 0.000000264. The number of benzene rings is 4. The summed E-state index contributed by atoms with van der Waals surface area (Å²) in [7, 11) is 1.75. The number of aliphatic hydroxyl groups excluding tert-OH is 1. The first-order valence-electron chi connectivity index (χ1n) is 13.4. The predicted molar refractivity (Wildman–Crippen MR) is 164 cm³/mol. The average molecular weight is 587 g/mol. The molecule has 0 aromatic heterocycles. The Bertz CT molecular complexity index is 1430. The van der Waals surface area contributed by atoms with Gasteiger partial charge in [0.1, 0.15) is 0 Å².